The van der Waals surface area contributed by atoms with Crippen molar-refractivity contribution in [1.29, 1.82) is 0 Å². The highest BCUT2D eigenvalue weighted by molar-refractivity contribution is 9.10. The molecule has 0 aliphatic carbocycles. The number of aryl methyl sites for hydroxylation is 1. The molecular weight excluding hydrogens is 288 g/mol. The van der Waals surface area contributed by atoms with Gasteiger partial charge in [-0.3, -0.25) is 4.79 Å². The van der Waals surface area contributed by atoms with Crippen molar-refractivity contribution in [3.63, 3.8) is 0 Å². The van der Waals surface area contributed by atoms with Crippen molar-refractivity contribution in [2.45, 2.75) is 19.3 Å². The van der Waals surface area contributed by atoms with Gasteiger partial charge in [0.05, 0.1) is 0 Å². The van der Waals surface area contributed by atoms with Crippen molar-refractivity contribution in [2.75, 3.05) is 0 Å². The summed E-state index contributed by atoms with van der Waals surface area (Å²) in [5, 5.41) is 0. The van der Waals surface area contributed by atoms with E-state index in [-0.39, 0.29) is 5.78 Å². The molecule has 18 heavy (non-hydrogen) atoms. The number of halogens is 1. The zero-order valence-corrected chi connectivity index (χ0v) is 11.7. The van der Waals surface area contributed by atoms with Crippen molar-refractivity contribution in [3.05, 3.63) is 70.2 Å². The van der Waals surface area contributed by atoms with Crippen LogP contribution in [0.1, 0.15) is 28.8 Å². The molecule has 0 N–H and O–H groups in total. The average Bonchev–Trinajstić information content (AvgIpc) is 2.42. The van der Waals surface area contributed by atoms with Gasteiger partial charge in [0.1, 0.15) is 0 Å². The van der Waals surface area contributed by atoms with E-state index in [1.54, 1.807) is 0 Å². The molecule has 2 rings (SSSR count). The molecule has 0 radical (unpaired) electrons. The first-order chi connectivity index (χ1) is 8.75. The van der Waals surface area contributed by atoms with E-state index in [0.29, 0.717) is 6.42 Å². The summed E-state index contributed by atoms with van der Waals surface area (Å²) in [4.78, 5) is 11.9. The minimum Gasteiger partial charge on any atom is -0.294 e. The lowest BCUT2D eigenvalue weighted by atomic mass is 10.0. The van der Waals surface area contributed by atoms with Crippen LogP contribution in [0.25, 0.3) is 0 Å². The van der Waals surface area contributed by atoms with Gasteiger partial charge in [-0.2, -0.15) is 0 Å². The zero-order valence-electron chi connectivity index (χ0n) is 10.1. The number of carbonyl (C=O) groups is 1. The molecule has 2 aromatic rings. The lowest BCUT2D eigenvalue weighted by Gasteiger charge is -2.02. The molecule has 0 saturated heterocycles. The molecule has 0 aromatic heterocycles. The van der Waals surface area contributed by atoms with Gasteiger partial charge in [0.25, 0.3) is 0 Å². The van der Waals surface area contributed by atoms with Gasteiger partial charge in [-0.25, -0.2) is 0 Å². The number of hydrogen-bond acceptors (Lipinski definition) is 1. The van der Waals surface area contributed by atoms with Crippen LogP contribution in [0, 0.1) is 0 Å². The van der Waals surface area contributed by atoms with Crippen molar-refractivity contribution < 1.29 is 4.79 Å². The molecule has 2 aromatic carbocycles. The van der Waals surface area contributed by atoms with E-state index in [0.717, 1.165) is 22.9 Å². The molecule has 0 heterocycles. The van der Waals surface area contributed by atoms with Crippen LogP contribution in [0.3, 0.4) is 0 Å². The Labute approximate surface area is 116 Å². The van der Waals surface area contributed by atoms with Crippen LogP contribution in [-0.2, 0) is 6.42 Å². The Hall–Kier alpha value is -1.41. The van der Waals surface area contributed by atoms with Crippen LogP contribution >= 0.6 is 15.9 Å². The summed E-state index contributed by atoms with van der Waals surface area (Å²) in [6, 6.07) is 17.8. The summed E-state index contributed by atoms with van der Waals surface area (Å²) in [6.45, 7) is 0. The first kappa shape index (κ1) is 13.0. The molecule has 0 saturated carbocycles. The number of ketones is 1. The maximum absolute atomic E-state index is 11.9. The molecular formula is C16H15BrO. The number of Topliss-reactive ketones (excluding diaryl/α,β-unsaturated/α-hetero) is 1. The molecule has 1 nitrogen and oxygen atoms in total. The van der Waals surface area contributed by atoms with Gasteiger partial charge in [0.15, 0.2) is 5.78 Å². The Morgan fingerprint density at radius 3 is 2.28 bits per heavy atom. The van der Waals surface area contributed by atoms with E-state index in [1.165, 1.54) is 5.56 Å². The highest BCUT2D eigenvalue weighted by atomic mass is 79.9. The van der Waals surface area contributed by atoms with E-state index in [4.69, 9.17) is 0 Å². The monoisotopic (exact) mass is 302 g/mol. The summed E-state index contributed by atoms with van der Waals surface area (Å²) >= 11 is 3.41. The van der Waals surface area contributed by atoms with Gasteiger partial charge in [-0.15, -0.1) is 0 Å². The number of benzene rings is 2. The highest BCUT2D eigenvalue weighted by Gasteiger charge is 2.04. The van der Waals surface area contributed by atoms with Gasteiger partial charge in [0.2, 0.25) is 0 Å². The molecule has 92 valence electrons. The van der Waals surface area contributed by atoms with Crippen molar-refractivity contribution >= 4 is 21.7 Å². The van der Waals surface area contributed by atoms with Gasteiger partial charge in [0, 0.05) is 16.5 Å². The van der Waals surface area contributed by atoms with Gasteiger partial charge < -0.3 is 0 Å². The second kappa shape index (κ2) is 6.50. The number of hydrogen-bond donors (Lipinski definition) is 0. The summed E-state index contributed by atoms with van der Waals surface area (Å²) in [5.74, 6) is 0.229. The first-order valence-corrected chi connectivity index (χ1v) is 6.88. The second-order valence-corrected chi connectivity index (χ2v) is 5.18. The van der Waals surface area contributed by atoms with Crippen molar-refractivity contribution in [1.82, 2.24) is 0 Å². The number of rotatable bonds is 5. The minimum absolute atomic E-state index is 0.229. The van der Waals surface area contributed by atoms with E-state index < -0.39 is 0 Å². The van der Waals surface area contributed by atoms with Gasteiger partial charge in [-0.05, 0) is 30.5 Å². The highest BCUT2D eigenvalue weighted by Crippen LogP contribution is 2.13. The normalized spacial score (nSPS) is 10.3. The Balaban J connectivity index is 1.82. The smallest absolute Gasteiger partial charge is 0.162 e. The van der Waals surface area contributed by atoms with Crippen molar-refractivity contribution in [3.8, 4) is 0 Å². The first-order valence-electron chi connectivity index (χ1n) is 6.08. The fourth-order valence-corrected chi connectivity index (χ4v) is 2.14. The van der Waals surface area contributed by atoms with Crippen LogP contribution in [0.2, 0.25) is 0 Å². The maximum atomic E-state index is 11.9. The summed E-state index contributed by atoms with van der Waals surface area (Å²) in [6.07, 6.45) is 2.46. The molecule has 2 heteroatoms. The number of carbonyl (C=O) groups excluding carboxylic acids is 1. The van der Waals surface area contributed by atoms with Crippen molar-refractivity contribution in [2.24, 2.45) is 0 Å². The van der Waals surface area contributed by atoms with Crippen LogP contribution in [-0.4, -0.2) is 5.78 Å². The molecule has 0 spiro atoms. The Bertz CT molecular complexity index is 502. The molecule has 0 unspecified atom stereocenters. The van der Waals surface area contributed by atoms with E-state index in [2.05, 4.69) is 28.1 Å². The third kappa shape index (κ3) is 3.81. The third-order valence-electron chi connectivity index (χ3n) is 2.88. The topological polar surface area (TPSA) is 17.1 Å². The van der Waals surface area contributed by atoms with Gasteiger partial charge >= 0.3 is 0 Å². The molecule has 0 amide bonds. The largest absolute Gasteiger partial charge is 0.294 e. The zero-order chi connectivity index (χ0) is 12.8. The Morgan fingerprint density at radius 1 is 0.944 bits per heavy atom. The van der Waals surface area contributed by atoms with E-state index >= 15 is 0 Å². The molecule has 0 aliphatic rings. The quantitative estimate of drug-likeness (QED) is 0.735. The van der Waals surface area contributed by atoms with Crippen LogP contribution in [0.4, 0.5) is 0 Å². The lowest BCUT2D eigenvalue weighted by molar-refractivity contribution is 0.0980. The average molecular weight is 303 g/mol. The minimum atomic E-state index is 0.229. The standard InChI is InChI=1S/C16H15BrO/c17-15-11-9-13(10-12-15)5-4-8-16(18)14-6-2-1-3-7-14/h1-3,6-7,9-12H,4-5,8H2. The van der Waals surface area contributed by atoms with Crippen LogP contribution < -0.4 is 0 Å². The summed E-state index contributed by atoms with van der Waals surface area (Å²) in [5.41, 5.74) is 2.09. The molecule has 0 bridgehead atoms. The second-order valence-electron chi connectivity index (χ2n) is 4.27. The molecule has 0 atom stereocenters. The van der Waals surface area contributed by atoms with Crippen LogP contribution in [0.5, 0.6) is 0 Å². The molecule has 0 fully saturated rings. The van der Waals surface area contributed by atoms with Crippen LogP contribution in [0.15, 0.2) is 59.1 Å². The predicted molar refractivity (Wildman–Crippen MR) is 77.9 cm³/mol. The van der Waals surface area contributed by atoms with E-state index in [9.17, 15) is 4.79 Å². The fraction of sp³-hybridized carbons (Fsp3) is 0.188. The molecule has 0 aliphatic heterocycles. The SMILES string of the molecule is O=C(CCCc1ccc(Br)cc1)c1ccccc1. The summed E-state index contributed by atoms with van der Waals surface area (Å²) < 4.78 is 1.09. The predicted octanol–water partition coefficient (Wildman–Crippen LogP) is 4.65. The Morgan fingerprint density at radius 2 is 1.61 bits per heavy atom. The lowest BCUT2D eigenvalue weighted by Crippen LogP contribution is -1.99. The summed E-state index contributed by atoms with van der Waals surface area (Å²) in [7, 11) is 0. The fourth-order valence-electron chi connectivity index (χ4n) is 1.87. The van der Waals surface area contributed by atoms with E-state index in [1.807, 2.05) is 42.5 Å². The van der Waals surface area contributed by atoms with Gasteiger partial charge in [-0.1, -0.05) is 58.4 Å². The maximum Gasteiger partial charge on any atom is 0.162 e. The Kier molecular flexibility index (Phi) is 4.71. The third-order valence-corrected chi connectivity index (χ3v) is 3.41.